The molecule has 0 aliphatic heterocycles. The van der Waals surface area contributed by atoms with E-state index in [2.05, 4.69) is 72.5 Å². The number of hydrogen-bond acceptors (Lipinski definition) is 3. The van der Waals surface area contributed by atoms with Gasteiger partial charge in [0.25, 0.3) is 0 Å². The second kappa shape index (κ2) is 5.22. The van der Waals surface area contributed by atoms with Crippen molar-refractivity contribution in [3.8, 4) is 11.1 Å². The minimum absolute atomic E-state index is 0.382. The van der Waals surface area contributed by atoms with Crippen molar-refractivity contribution in [1.82, 2.24) is 15.1 Å². The number of nitrogens with one attached hydrogen (secondary N) is 1. The SMILES string of the molecule is C[C@@H](c1cccc(-c2ccc3[nH]nc(N)c3c2)c1)N(C)C. The number of nitrogens with two attached hydrogens (primary N) is 1. The first-order valence-corrected chi connectivity index (χ1v) is 7.06. The highest BCUT2D eigenvalue weighted by Crippen LogP contribution is 2.28. The molecule has 0 fully saturated rings. The molecule has 108 valence electrons. The molecule has 0 saturated carbocycles. The van der Waals surface area contributed by atoms with Crippen LogP contribution in [0.1, 0.15) is 18.5 Å². The van der Waals surface area contributed by atoms with Crippen LogP contribution in [-0.2, 0) is 0 Å². The average Bonchev–Trinajstić information content (AvgIpc) is 2.87. The molecule has 4 heteroatoms. The molecule has 0 spiro atoms. The topological polar surface area (TPSA) is 57.9 Å². The van der Waals surface area contributed by atoms with E-state index in [0.717, 1.165) is 16.5 Å². The Morgan fingerprint density at radius 1 is 1.10 bits per heavy atom. The first kappa shape index (κ1) is 13.6. The Labute approximate surface area is 124 Å². The fourth-order valence-electron chi connectivity index (χ4n) is 2.49. The minimum atomic E-state index is 0.382. The molecule has 21 heavy (non-hydrogen) atoms. The van der Waals surface area contributed by atoms with E-state index in [1.165, 1.54) is 11.1 Å². The maximum Gasteiger partial charge on any atom is 0.153 e. The number of fused-ring (bicyclic) bond motifs is 1. The van der Waals surface area contributed by atoms with Gasteiger partial charge in [-0.05, 0) is 55.9 Å². The number of nitrogen functional groups attached to an aromatic ring is 1. The third-order valence-electron chi connectivity index (χ3n) is 4.07. The van der Waals surface area contributed by atoms with E-state index in [1.807, 2.05) is 6.07 Å². The van der Waals surface area contributed by atoms with Crippen LogP contribution in [0.5, 0.6) is 0 Å². The van der Waals surface area contributed by atoms with Gasteiger partial charge >= 0.3 is 0 Å². The Balaban J connectivity index is 2.05. The maximum atomic E-state index is 5.89. The number of rotatable bonds is 3. The summed E-state index contributed by atoms with van der Waals surface area (Å²) in [5, 5.41) is 7.95. The molecule has 0 radical (unpaired) electrons. The van der Waals surface area contributed by atoms with E-state index in [4.69, 9.17) is 5.73 Å². The van der Waals surface area contributed by atoms with Gasteiger partial charge in [-0.2, -0.15) is 5.10 Å². The number of nitrogens with zero attached hydrogens (tertiary/aromatic N) is 2. The van der Waals surface area contributed by atoms with Crippen molar-refractivity contribution in [2.45, 2.75) is 13.0 Å². The summed E-state index contributed by atoms with van der Waals surface area (Å²) in [5.74, 6) is 0.546. The van der Waals surface area contributed by atoms with Gasteiger partial charge < -0.3 is 10.6 Å². The molecule has 0 unspecified atom stereocenters. The van der Waals surface area contributed by atoms with Gasteiger partial charge in [-0.25, -0.2) is 0 Å². The normalized spacial score (nSPS) is 13.0. The van der Waals surface area contributed by atoms with Gasteiger partial charge in [0.15, 0.2) is 5.82 Å². The minimum Gasteiger partial charge on any atom is -0.382 e. The summed E-state index contributed by atoms with van der Waals surface area (Å²) < 4.78 is 0. The lowest BCUT2D eigenvalue weighted by molar-refractivity contribution is 0.321. The lowest BCUT2D eigenvalue weighted by atomic mass is 9.99. The lowest BCUT2D eigenvalue weighted by Crippen LogP contribution is -2.16. The highest BCUT2D eigenvalue weighted by atomic mass is 15.1. The third kappa shape index (κ3) is 2.50. The van der Waals surface area contributed by atoms with E-state index in [9.17, 15) is 0 Å². The molecule has 1 heterocycles. The third-order valence-corrected chi connectivity index (χ3v) is 4.07. The zero-order valence-electron chi connectivity index (χ0n) is 12.6. The van der Waals surface area contributed by atoms with Gasteiger partial charge in [-0.15, -0.1) is 0 Å². The fourth-order valence-corrected chi connectivity index (χ4v) is 2.49. The molecule has 3 rings (SSSR count). The van der Waals surface area contributed by atoms with Crippen molar-refractivity contribution < 1.29 is 0 Å². The molecule has 1 aromatic heterocycles. The van der Waals surface area contributed by atoms with Crippen molar-refractivity contribution in [3.63, 3.8) is 0 Å². The monoisotopic (exact) mass is 280 g/mol. The smallest absolute Gasteiger partial charge is 0.153 e. The molecule has 0 aliphatic carbocycles. The molecule has 0 aliphatic rings. The summed E-state index contributed by atoms with van der Waals surface area (Å²) in [6, 6.07) is 15.2. The summed E-state index contributed by atoms with van der Waals surface area (Å²) in [5.41, 5.74) is 10.5. The quantitative estimate of drug-likeness (QED) is 0.772. The predicted octanol–water partition coefficient (Wildman–Crippen LogP) is 3.43. The van der Waals surface area contributed by atoms with E-state index in [-0.39, 0.29) is 0 Å². The molecule has 0 amide bonds. The number of hydrogen-bond donors (Lipinski definition) is 2. The number of aromatic nitrogens is 2. The van der Waals surface area contributed by atoms with Crippen LogP contribution >= 0.6 is 0 Å². The van der Waals surface area contributed by atoms with Crippen LogP contribution in [0.15, 0.2) is 42.5 Å². The van der Waals surface area contributed by atoms with Gasteiger partial charge in [-0.3, -0.25) is 5.10 Å². The van der Waals surface area contributed by atoms with Crippen molar-refractivity contribution >= 4 is 16.7 Å². The van der Waals surface area contributed by atoms with Crippen LogP contribution in [0.3, 0.4) is 0 Å². The zero-order chi connectivity index (χ0) is 15.0. The Hall–Kier alpha value is -2.33. The van der Waals surface area contributed by atoms with Crippen molar-refractivity contribution in [3.05, 3.63) is 48.0 Å². The van der Waals surface area contributed by atoms with Gasteiger partial charge in [-0.1, -0.05) is 24.3 Å². The second-order valence-electron chi connectivity index (χ2n) is 5.63. The molecule has 0 bridgehead atoms. The average molecular weight is 280 g/mol. The van der Waals surface area contributed by atoms with Gasteiger partial charge in [0, 0.05) is 11.4 Å². The van der Waals surface area contributed by atoms with E-state index in [1.54, 1.807) is 0 Å². The predicted molar refractivity (Wildman–Crippen MR) is 88.0 cm³/mol. The van der Waals surface area contributed by atoms with Crippen molar-refractivity contribution in [2.75, 3.05) is 19.8 Å². The molecule has 0 saturated heterocycles. The Morgan fingerprint density at radius 2 is 1.86 bits per heavy atom. The summed E-state index contributed by atoms with van der Waals surface area (Å²) >= 11 is 0. The van der Waals surface area contributed by atoms with Gasteiger partial charge in [0.1, 0.15) is 0 Å². The first-order valence-electron chi connectivity index (χ1n) is 7.06. The number of anilines is 1. The fraction of sp³-hybridized carbons (Fsp3) is 0.235. The second-order valence-corrected chi connectivity index (χ2v) is 5.63. The maximum absolute atomic E-state index is 5.89. The Kier molecular flexibility index (Phi) is 3.39. The van der Waals surface area contributed by atoms with Crippen LogP contribution in [-0.4, -0.2) is 29.2 Å². The largest absolute Gasteiger partial charge is 0.382 e. The zero-order valence-corrected chi connectivity index (χ0v) is 12.6. The van der Waals surface area contributed by atoms with Gasteiger partial charge in [0.2, 0.25) is 0 Å². The molecule has 3 N–H and O–H groups in total. The lowest BCUT2D eigenvalue weighted by Gasteiger charge is -2.20. The Morgan fingerprint density at radius 3 is 2.62 bits per heavy atom. The van der Waals surface area contributed by atoms with Crippen LogP contribution in [0.25, 0.3) is 22.0 Å². The first-order chi connectivity index (χ1) is 10.1. The van der Waals surface area contributed by atoms with E-state index >= 15 is 0 Å². The molecular weight excluding hydrogens is 260 g/mol. The molecule has 4 nitrogen and oxygen atoms in total. The summed E-state index contributed by atoms with van der Waals surface area (Å²) in [6.07, 6.45) is 0. The van der Waals surface area contributed by atoms with Crippen molar-refractivity contribution in [1.29, 1.82) is 0 Å². The molecule has 2 aromatic carbocycles. The van der Waals surface area contributed by atoms with E-state index < -0.39 is 0 Å². The Bertz CT molecular complexity index is 773. The summed E-state index contributed by atoms with van der Waals surface area (Å²) in [4.78, 5) is 2.20. The summed E-state index contributed by atoms with van der Waals surface area (Å²) in [7, 11) is 4.19. The van der Waals surface area contributed by atoms with Crippen LogP contribution in [0.4, 0.5) is 5.82 Å². The summed E-state index contributed by atoms with van der Waals surface area (Å²) in [6.45, 7) is 2.20. The highest BCUT2D eigenvalue weighted by molar-refractivity contribution is 5.92. The standard InChI is InChI=1S/C17H20N4/c1-11(21(2)3)12-5-4-6-13(9-12)14-7-8-16-15(10-14)17(18)20-19-16/h4-11H,1-3H3,(H3,18,19,20)/t11-/m0/s1. The van der Waals surface area contributed by atoms with Crippen LogP contribution < -0.4 is 5.73 Å². The number of benzene rings is 2. The molecular formula is C17H20N4. The van der Waals surface area contributed by atoms with Crippen molar-refractivity contribution in [2.24, 2.45) is 0 Å². The van der Waals surface area contributed by atoms with E-state index in [0.29, 0.717) is 11.9 Å². The molecule has 3 aromatic rings. The number of aromatic amines is 1. The number of H-pyrrole nitrogens is 1. The highest BCUT2D eigenvalue weighted by Gasteiger charge is 2.10. The van der Waals surface area contributed by atoms with Gasteiger partial charge in [0.05, 0.1) is 5.52 Å². The van der Waals surface area contributed by atoms with Crippen LogP contribution in [0, 0.1) is 0 Å². The molecule has 1 atom stereocenters. The van der Waals surface area contributed by atoms with Crippen LogP contribution in [0.2, 0.25) is 0 Å².